The Morgan fingerprint density at radius 3 is 2.40 bits per heavy atom. The van der Waals surface area contributed by atoms with Gasteiger partial charge in [0.25, 0.3) is 0 Å². The van der Waals surface area contributed by atoms with E-state index in [1.807, 2.05) is 0 Å². The van der Waals surface area contributed by atoms with Crippen molar-refractivity contribution < 1.29 is 13.2 Å². The van der Waals surface area contributed by atoms with Crippen molar-refractivity contribution in [3.05, 3.63) is 0 Å². The quantitative estimate of drug-likeness (QED) is 0.730. The molecule has 4 nitrogen and oxygen atoms in total. The summed E-state index contributed by atoms with van der Waals surface area (Å²) < 4.78 is 24.5. The minimum atomic E-state index is -3.38. The molecule has 5 heteroatoms. The van der Waals surface area contributed by atoms with Crippen molar-refractivity contribution in [1.29, 1.82) is 0 Å². The van der Waals surface area contributed by atoms with Gasteiger partial charge >= 0.3 is 0 Å². The van der Waals surface area contributed by atoms with E-state index in [0.717, 1.165) is 12.8 Å². The van der Waals surface area contributed by atoms with Gasteiger partial charge in [0.15, 0.2) is 0 Å². The molecule has 0 saturated carbocycles. The molecule has 0 bridgehead atoms. The molecule has 1 N–H and O–H groups in total. The fourth-order valence-corrected chi connectivity index (χ4v) is 2.30. The van der Waals surface area contributed by atoms with Crippen LogP contribution in [0.4, 0.5) is 0 Å². The first-order chi connectivity index (χ1) is 6.87. The van der Waals surface area contributed by atoms with Crippen LogP contribution in [-0.2, 0) is 14.8 Å². The normalized spacial score (nSPS) is 11.7. The molecule has 0 rings (SSSR count). The van der Waals surface area contributed by atoms with Gasteiger partial charge in [0, 0.05) is 6.42 Å². The highest BCUT2D eigenvalue weighted by Crippen LogP contribution is 2.06. The molecule has 0 heterocycles. The molecular formula is C10H21NO3S. The lowest BCUT2D eigenvalue weighted by Gasteiger charge is -2.06. The lowest BCUT2D eigenvalue weighted by Crippen LogP contribution is -2.32. The van der Waals surface area contributed by atoms with E-state index in [-0.39, 0.29) is 11.7 Å². The molecule has 0 aliphatic carbocycles. The molecule has 0 spiro atoms. The van der Waals surface area contributed by atoms with Gasteiger partial charge in [-0.2, -0.15) is 0 Å². The molecule has 0 unspecified atom stereocenters. The molecule has 0 saturated heterocycles. The third-order valence-corrected chi connectivity index (χ3v) is 3.41. The van der Waals surface area contributed by atoms with Crippen molar-refractivity contribution in [2.75, 3.05) is 5.75 Å². The van der Waals surface area contributed by atoms with Crippen molar-refractivity contribution in [1.82, 2.24) is 4.72 Å². The molecule has 0 aromatic rings. The SMILES string of the molecule is CCCS(=O)(=O)NC(=O)CCCC(C)C. The Morgan fingerprint density at radius 2 is 1.93 bits per heavy atom. The van der Waals surface area contributed by atoms with Crippen molar-refractivity contribution in [3.63, 3.8) is 0 Å². The molecule has 0 aromatic carbocycles. The second kappa shape index (κ2) is 6.82. The number of hydrogen-bond acceptors (Lipinski definition) is 3. The zero-order valence-electron chi connectivity index (χ0n) is 9.75. The molecule has 90 valence electrons. The van der Waals surface area contributed by atoms with Crippen LogP contribution in [0, 0.1) is 5.92 Å². The summed E-state index contributed by atoms with van der Waals surface area (Å²) in [7, 11) is -3.38. The molecule has 0 aliphatic rings. The Labute approximate surface area is 92.5 Å². The highest BCUT2D eigenvalue weighted by atomic mass is 32.2. The Morgan fingerprint density at radius 1 is 1.33 bits per heavy atom. The largest absolute Gasteiger partial charge is 0.274 e. The summed E-state index contributed by atoms with van der Waals surface area (Å²) in [4.78, 5) is 11.2. The van der Waals surface area contributed by atoms with Gasteiger partial charge in [-0.3, -0.25) is 9.52 Å². The Balaban J connectivity index is 3.84. The summed E-state index contributed by atoms with van der Waals surface area (Å²) in [5, 5.41) is 0. The first kappa shape index (κ1) is 14.4. The van der Waals surface area contributed by atoms with E-state index < -0.39 is 10.0 Å². The van der Waals surface area contributed by atoms with Crippen molar-refractivity contribution in [2.24, 2.45) is 5.92 Å². The third-order valence-electron chi connectivity index (χ3n) is 1.93. The lowest BCUT2D eigenvalue weighted by atomic mass is 10.1. The molecule has 0 atom stereocenters. The maximum atomic E-state index is 11.2. The minimum absolute atomic E-state index is 0.0168. The molecule has 0 fully saturated rings. The summed E-state index contributed by atoms with van der Waals surface area (Å²) in [6, 6.07) is 0. The number of nitrogens with one attached hydrogen (secondary N) is 1. The molecule has 15 heavy (non-hydrogen) atoms. The number of sulfonamides is 1. The monoisotopic (exact) mass is 235 g/mol. The second-order valence-electron chi connectivity index (χ2n) is 4.13. The Hall–Kier alpha value is -0.580. The van der Waals surface area contributed by atoms with Gasteiger partial charge in [0.05, 0.1) is 5.75 Å². The van der Waals surface area contributed by atoms with E-state index in [2.05, 4.69) is 18.6 Å². The average molecular weight is 235 g/mol. The summed E-state index contributed by atoms with van der Waals surface area (Å²) in [6.07, 6.45) is 2.50. The van der Waals surface area contributed by atoms with Crippen LogP contribution in [-0.4, -0.2) is 20.1 Å². The third kappa shape index (κ3) is 8.42. The fourth-order valence-electron chi connectivity index (χ4n) is 1.22. The van der Waals surface area contributed by atoms with Crippen molar-refractivity contribution in [2.45, 2.75) is 46.5 Å². The van der Waals surface area contributed by atoms with Crippen LogP contribution in [0.3, 0.4) is 0 Å². The van der Waals surface area contributed by atoms with Gasteiger partial charge in [-0.05, 0) is 18.8 Å². The van der Waals surface area contributed by atoms with Crippen LogP contribution in [0.2, 0.25) is 0 Å². The van der Waals surface area contributed by atoms with Crippen LogP contribution in [0.25, 0.3) is 0 Å². The van der Waals surface area contributed by atoms with E-state index in [4.69, 9.17) is 0 Å². The zero-order valence-corrected chi connectivity index (χ0v) is 10.6. The van der Waals surface area contributed by atoms with Gasteiger partial charge in [0.2, 0.25) is 15.9 Å². The Bertz CT molecular complexity index is 283. The van der Waals surface area contributed by atoms with E-state index in [0.29, 0.717) is 18.8 Å². The van der Waals surface area contributed by atoms with Crippen molar-refractivity contribution >= 4 is 15.9 Å². The van der Waals surface area contributed by atoms with Gasteiger partial charge in [-0.15, -0.1) is 0 Å². The maximum Gasteiger partial charge on any atom is 0.234 e. The number of rotatable bonds is 7. The van der Waals surface area contributed by atoms with Gasteiger partial charge in [-0.1, -0.05) is 27.2 Å². The molecule has 1 amide bonds. The topological polar surface area (TPSA) is 63.2 Å². The smallest absolute Gasteiger partial charge is 0.234 e. The average Bonchev–Trinajstić information content (AvgIpc) is 2.01. The molecule has 0 aromatic heterocycles. The summed E-state index contributed by atoms with van der Waals surface area (Å²) in [5.74, 6) is 0.178. The van der Waals surface area contributed by atoms with Crippen LogP contribution >= 0.6 is 0 Å². The first-order valence-corrected chi connectivity index (χ1v) is 7.06. The highest BCUT2D eigenvalue weighted by Gasteiger charge is 2.12. The summed E-state index contributed by atoms with van der Waals surface area (Å²) in [6.45, 7) is 5.92. The maximum absolute atomic E-state index is 11.2. The molecular weight excluding hydrogens is 214 g/mol. The number of carbonyl (C=O) groups excluding carboxylic acids is 1. The minimum Gasteiger partial charge on any atom is -0.274 e. The van der Waals surface area contributed by atoms with Crippen molar-refractivity contribution in [3.8, 4) is 0 Å². The highest BCUT2D eigenvalue weighted by molar-refractivity contribution is 7.90. The molecule has 0 aliphatic heterocycles. The fraction of sp³-hybridized carbons (Fsp3) is 0.900. The van der Waals surface area contributed by atoms with E-state index in [1.54, 1.807) is 6.92 Å². The van der Waals surface area contributed by atoms with Gasteiger partial charge < -0.3 is 0 Å². The predicted octanol–water partition coefficient (Wildman–Crippen LogP) is 1.67. The Kier molecular flexibility index (Phi) is 6.56. The van der Waals surface area contributed by atoms with Gasteiger partial charge in [0.1, 0.15) is 0 Å². The zero-order chi connectivity index (χ0) is 11.9. The van der Waals surface area contributed by atoms with E-state index in [9.17, 15) is 13.2 Å². The predicted molar refractivity (Wildman–Crippen MR) is 60.9 cm³/mol. The van der Waals surface area contributed by atoms with E-state index in [1.165, 1.54) is 0 Å². The molecule has 0 radical (unpaired) electrons. The van der Waals surface area contributed by atoms with E-state index >= 15 is 0 Å². The number of hydrogen-bond donors (Lipinski definition) is 1. The second-order valence-corrected chi connectivity index (χ2v) is 5.97. The first-order valence-electron chi connectivity index (χ1n) is 5.40. The standard InChI is InChI=1S/C10H21NO3S/c1-4-8-15(13,14)11-10(12)7-5-6-9(2)3/h9H,4-8H2,1-3H3,(H,11,12). The summed E-state index contributed by atoms with van der Waals surface area (Å²) in [5.41, 5.74) is 0. The number of carbonyl (C=O) groups is 1. The van der Waals surface area contributed by atoms with Crippen LogP contribution in [0.1, 0.15) is 46.5 Å². The van der Waals surface area contributed by atoms with Gasteiger partial charge in [-0.25, -0.2) is 8.42 Å². The lowest BCUT2D eigenvalue weighted by molar-refractivity contribution is -0.119. The van der Waals surface area contributed by atoms with Crippen LogP contribution in [0.15, 0.2) is 0 Å². The summed E-state index contributed by atoms with van der Waals surface area (Å²) >= 11 is 0. The number of amides is 1. The van der Waals surface area contributed by atoms with Crippen LogP contribution < -0.4 is 4.72 Å². The van der Waals surface area contributed by atoms with Crippen LogP contribution in [0.5, 0.6) is 0 Å².